The minimum absolute atomic E-state index is 0.00877. The van der Waals surface area contributed by atoms with Gasteiger partial charge >= 0.3 is 0 Å². The summed E-state index contributed by atoms with van der Waals surface area (Å²) in [5, 5.41) is 3.30. The van der Waals surface area contributed by atoms with Gasteiger partial charge in [0, 0.05) is 37.2 Å². The Morgan fingerprint density at radius 1 is 1.35 bits per heavy atom. The second-order valence-corrected chi connectivity index (χ2v) is 9.71. The van der Waals surface area contributed by atoms with Crippen LogP contribution in [0.15, 0.2) is 0 Å². The first-order valence-corrected chi connectivity index (χ1v) is 9.74. The SMILES string of the molecule is CCCNCCCN(C)S(=O)(=O)N1CCSC(C)(C)C1. The summed E-state index contributed by atoms with van der Waals surface area (Å²) in [4.78, 5) is 0. The molecule has 5 nitrogen and oxygen atoms in total. The molecule has 0 atom stereocenters. The first-order valence-electron chi connectivity index (χ1n) is 7.35. The molecule has 1 fully saturated rings. The summed E-state index contributed by atoms with van der Waals surface area (Å²) in [7, 11) is -1.62. The Kier molecular flexibility index (Phi) is 7.28. The number of hydrogen-bond donors (Lipinski definition) is 1. The van der Waals surface area contributed by atoms with Gasteiger partial charge in [-0.3, -0.25) is 0 Å². The van der Waals surface area contributed by atoms with Gasteiger partial charge in [0.1, 0.15) is 0 Å². The van der Waals surface area contributed by atoms with E-state index in [1.807, 2.05) is 11.8 Å². The summed E-state index contributed by atoms with van der Waals surface area (Å²) in [5.41, 5.74) is 0. The molecule has 0 saturated carbocycles. The lowest BCUT2D eigenvalue weighted by molar-refractivity contribution is 0.342. The van der Waals surface area contributed by atoms with Gasteiger partial charge in [0.15, 0.2) is 0 Å². The first-order chi connectivity index (χ1) is 9.29. The maximum atomic E-state index is 12.5. The Labute approximate surface area is 128 Å². The molecule has 0 aliphatic carbocycles. The predicted octanol–water partition coefficient (Wildman–Crippen LogP) is 1.38. The van der Waals surface area contributed by atoms with Crippen LogP contribution in [0.5, 0.6) is 0 Å². The van der Waals surface area contributed by atoms with Crippen LogP contribution in [0.25, 0.3) is 0 Å². The van der Waals surface area contributed by atoms with E-state index in [4.69, 9.17) is 0 Å². The van der Waals surface area contributed by atoms with Crippen LogP contribution in [0.3, 0.4) is 0 Å². The average molecular weight is 324 g/mol. The summed E-state index contributed by atoms with van der Waals surface area (Å²) in [5.74, 6) is 0.873. The second-order valence-electron chi connectivity index (χ2n) is 5.87. The molecule has 0 spiro atoms. The summed E-state index contributed by atoms with van der Waals surface area (Å²) < 4.78 is 28.2. The van der Waals surface area contributed by atoms with Gasteiger partial charge in [-0.2, -0.15) is 28.8 Å². The highest BCUT2D eigenvalue weighted by molar-refractivity contribution is 8.00. The Balaban J connectivity index is 2.46. The third kappa shape index (κ3) is 5.52. The predicted molar refractivity (Wildman–Crippen MR) is 87.4 cm³/mol. The van der Waals surface area contributed by atoms with E-state index in [1.165, 1.54) is 4.31 Å². The fraction of sp³-hybridized carbons (Fsp3) is 1.00. The van der Waals surface area contributed by atoms with Crippen molar-refractivity contribution < 1.29 is 8.42 Å². The molecule has 0 aromatic heterocycles. The van der Waals surface area contributed by atoms with Crippen LogP contribution >= 0.6 is 11.8 Å². The fourth-order valence-corrected chi connectivity index (χ4v) is 5.08. The van der Waals surface area contributed by atoms with Crippen LogP contribution in [0, 0.1) is 0 Å². The van der Waals surface area contributed by atoms with E-state index in [1.54, 1.807) is 11.4 Å². The highest BCUT2D eigenvalue weighted by Crippen LogP contribution is 2.31. The van der Waals surface area contributed by atoms with E-state index < -0.39 is 10.2 Å². The van der Waals surface area contributed by atoms with Crippen molar-refractivity contribution in [2.45, 2.75) is 38.4 Å². The minimum Gasteiger partial charge on any atom is -0.317 e. The molecule has 1 aliphatic heterocycles. The third-order valence-corrected chi connectivity index (χ3v) is 6.60. The standard InChI is InChI=1S/C13H29N3O2S2/c1-5-7-14-8-6-9-15(4)20(17,18)16-10-11-19-13(2,3)12-16/h14H,5-12H2,1-4H3. The first kappa shape index (κ1) is 18.2. The lowest BCUT2D eigenvalue weighted by atomic mass is 10.2. The van der Waals surface area contributed by atoms with E-state index in [2.05, 4.69) is 26.1 Å². The highest BCUT2D eigenvalue weighted by atomic mass is 32.2. The second kappa shape index (κ2) is 7.98. The fourth-order valence-electron chi connectivity index (χ4n) is 2.21. The highest BCUT2D eigenvalue weighted by Gasteiger charge is 2.35. The Hall–Kier alpha value is 0.180. The van der Waals surface area contributed by atoms with E-state index in [-0.39, 0.29) is 4.75 Å². The van der Waals surface area contributed by atoms with Gasteiger partial charge in [0.05, 0.1) is 0 Å². The number of hydrogen-bond acceptors (Lipinski definition) is 4. The maximum Gasteiger partial charge on any atom is 0.281 e. The average Bonchev–Trinajstić information content (AvgIpc) is 2.37. The Morgan fingerprint density at radius 2 is 2.05 bits per heavy atom. The topological polar surface area (TPSA) is 52.7 Å². The van der Waals surface area contributed by atoms with Crippen LogP contribution in [-0.4, -0.2) is 67.3 Å². The molecule has 0 radical (unpaired) electrons. The zero-order valence-electron chi connectivity index (χ0n) is 13.2. The lowest BCUT2D eigenvalue weighted by Crippen LogP contribution is -2.51. The zero-order valence-corrected chi connectivity index (χ0v) is 14.8. The van der Waals surface area contributed by atoms with Crippen molar-refractivity contribution in [2.24, 2.45) is 0 Å². The van der Waals surface area contributed by atoms with Gasteiger partial charge in [-0.05, 0) is 39.8 Å². The van der Waals surface area contributed by atoms with Crippen molar-refractivity contribution in [1.29, 1.82) is 0 Å². The number of thioether (sulfide) groups is 1. The molecule has 7 heteroatoms. The molecule has 0 amide bonds. The van der Waals surface area contributed by atoms with Crippen LogP contribution in [-0.2, 0) is 10.2 Å². The van der Waals surface area contributed by atoms with Gasteiger partial charge < -0.3 is 5.32 Å². The van der Waals surface area contributed by atoms with Crippen molar-refractivity contribution >= 4 is 22.0 Å². The summed E-state index contributed by atoms with van der Waals surface area (Å²) in [6.45, 7) is 9.99. The summed E-state index contributed by atoms with van der Waals surface area (Å²) in [6, 6.07) is 0. The largest absolute Gasteiger partial charge is 0.317 e. The third-order valence-electron chi connectivity index (χ3n) is 3.36. The molecule has 0 aromatic rings. The molecule has 1 heterocycles. The van der Waals surface area contributed by atoms with Crippen LogP contribution < -0.4 is 5.32 Å². The van der Waals surface area contributed by atoms with Crippen molar-refractivity contribution in [3.05, 3.63) is 0 Å². The van der Waals surface area contributed by atoms with Crippen molar-refractivity contribution in [2.75, 3.05) is 45.5 Å². The summed E-state index contributed by atoms with van der Waals surface area (Å²) in [6.07, 6.45) is 1.95. The van der Waals surface area contributed by atoms with Gasteiger partial charge in [-0.15, -0.1) is 0 Å². The molecule has 0 unspecified atom stereocenters. The molecule has 120 valence electrons. The van der Waals surface area contributed by atoms with E-state index in [0.717, 1.165) is 31.7 Å². The molecule has 0 bridgehead atoms. The van der Waals surface area contributed by atoms with Crippen LogP contribution in [0.1, 0.15) is 33.6 Å². The van der Waals surface area contributed by atoms with E-state index >= 15 is 0 Å². The number of rotatable bonds is 8. The molecule has 1 N–H and O–H groups in total. The zero-order chi connectivity index (χ0) is 15.2. The van der Waals surface area contributed by atoms with Gasteiger partial charge in [0.25, 0.3) is 10.2 Å². The number of nitrogens with one attached hydrogen (secondary N) is 1. The van der Waals surface area contributed by atoms with Gasteiger partial charge in [0.2, 0.25) is 0 Å². The molecule has 1 aliphatic rings. The van der Waals surface area contributed by atoms with Crippen LogP contribution in [0.4, 0.5) is 0 Å². The minimum atomic E-state index is -3.30. The lowest BCUT2D eigenvalue weighted by Gasteiger charge is -2.38. The Bertz CT molecular complexity index is 385. The van der Waals surface area contributed by atoms with Gasteiger partial charge in [-0.25, -0.2) is 0 Å². The smallest absolute Gasteiger partial charge is 0.281 e. The molecule has 0 aromatic carbocycles. The Morgan fingerprint density at radius 3 is 2.65 bits per heavy atom. The van der Waals surface area contributed by atoms with Crippen molar-refractivity contribution in [3.63, 3.8) is 0 Å². The molecular formula is C13H29N3O2S2. The van der Waals surface area contributed by atoms with Crippen LogP contribution in [0.2, 0.25) is 0 Å². The van der Waals surface area contributed by atoms with E-state index in [0.29, 0.717) is 19.6 Å². The molecule has 1 rings (SSSR count). The van der Waals surface area contributed by atoms with E-state index in [9.17, 15) is 8.42 Å². The monoisotopic (exact) mass is 323 g/mol. The molecular weight excluding hydrogens is 294 g/mol. The summed E-state index contributed by atoms with van der Waals surface area (Å²) >= 11 is 1.84. The van der Waals surface area contributed by atoms with Gasteiger partial charge in [-0.1, -0.05) is 6.92 Å². The molecule has 1 saturated heterocycles. The molecule has 20 heavy (non-hydrogen) atoms. The maximum absolute atomic E-state index is 12.5. The number of nitrogens with zero attached hydrogens (tertiary/aromatic N) is 2. The van der Waals surface area contributed by atoms with Crippen molar-refractivity contribution in [3.8, 4) is 0 Å². The normalized spacial score (nSPS) is 20.4. The quantitative estimate of drug-likeness (QED) is 0.686. The van der Waals surface area contributed by atoms with Crippen molar-refractivity contribution in [1.82, 2.24) is 13.9 Å².